The van der Waals surface area contributed by atoms with Gasteiger partial charge in [0.1, 0.15) is 6.54 Å². The van der Waals surface area contributed by atoms with Gasteiger partial charge in [-0.25, -0.2) is 8.42 Å². The minimum Gasteiger partial charge on any atom is -0.314 e. The molecular weight excluding hydrogens is 434 g/mol. The average molecular weight is 460 g/mol. The number of rotatable bonds is 5. The van der Waals surface area contributed by atoms with Crippen LogP contribution in [0.15, 0.2) is 52.3 Å². The van der Waals surface area contributed by atoms with Crippen molar-refractivity contribution in [3.8, 4) is 0 Å². The maximum absolute atomic E-state index is 13.0. The van der Waals surface area contributed by atoms with Crippen molar-refractivity contribution in [1.29, 1.82) is 0 Å². The Labute approximate surface area is 187 Å². The molecule has 2 aromatic carbocycles. The van der Waals surface area contributed by atoms with Gasteiger partial charge in [-0.2, -0.15) is 4.31 Å². The number of likely N-dealkylation sites (N-methyl/N-ethyl adjacent to an activating group) is 1. The Hall–Kier alpha value is -2.36. The molecule has 0 atom stereocenters. The molecule has 1 fully saturated rings. The highest BCUT2D eigenvalue weighted by molar-refractivity contribution is 8.00. The van der Waals surface area contributed by atoms with Crippen molar-refractivity contribution in [1.82, 2.24) is 4.31 Å². The number of hydrogen-bond acceptors (Lipinski definition) is 5. The Balaban J connectivity index is 1.61. The molecule has 2 aliphatic heterocycles. The molecule has 9 heteroatoms. The first-order valence-corrected chi connectivity index (χ1v) is 12.6. The molecule has 0 N–H and O–H groups in total. The Morgan fingerprint density at radius 1 is 1.10 bits per heavy atom. The second-order valence-electron chi connectivity index (χ2n) is 7.80. The standard InChI is InChI=1S/C22H25N3O4S2/c1-16-5-7-17(8-6-16)23(2)21(26)14-25-19-13-18(9-10-20(19)30-15-22(25)27)31(28,29)24-11-3-4-12-24/h5-10,13H,3-4,11-12,14-15H2,1-2H3. The second kappa shape index (κ2) is 8.64. The minimum atomic E-state index is -3.61. The molecule has 0 aliphatic carbocycles. The summed E-state index contributed by atoms with van der Waals surface area (Å²) in [6, 6.07) is 12.4. The molecule has 2 amide bonds. The number of nitrogens with zero attached hydrogens (tertiary/aromatic N) is 3. The largest absolute Gasteiger partial charge is 0.314 e. The van der Waals surface area contributed by atoms with Crippen LogP contribution in [0.3, 0.4) is 0 Å². The summed E-state index contributed by atoms with van der Waals surface area (Å²) in [4.78, 5) is 29.5. The van der Waals surface area contributed by atoms with E-state index in [0.717, 1.165) is 29.0 Å². The van der Waals surface area contributed by atoms with E-state index in [1.165, 1.54) is 31.9 Å². The minimum absolute atomic E-state index is 0.149. The van der Waals surface area contributed by atoms with Gasteiger partial charge in [0.2, 0.25) is 21.8 Å². The van der Waals surface area contributed by atoms with Crippen molar-refractivity contribution in [2.24, 2.45) is 0 Å². The molecule has 0 spiro atoms. The summed E-state index contributed by atoms with van der Waals surface area (Å²) < 4.78 is 27.5. The van der Waals surface area contributed by atoms with E-state index in [9.17, 15) is 18.0 Å². The van der Waals surface area contributed by atoms with E-state index in [1.807, 2.05) is 31.2 Å². The Kier molecular flexibility index (Phi) is 6.09. The van der Waals surface area contributed by atoms with Gasteiger partial charge < -0.3 is 9.80 Å². The van der Waals surface area contributed by atoms with Gasteiger partial charge >= 0.3 is 0 Å². The van der Waals surface area contributed by atoms with E-state index < -0.39 is 10.0 Å². The van der Waals surface area contributed by atoms with Gasteiger partial charge in [-0.15, -0.1) is 11.8 Å². The number of hydrogen-bond donors (Lipinski definition) is 0. The number of carbonyl (C=O) groups is 2. The second-order valence-corrected chi connectivity index (χ2v) is 10.8. The van der Waals surface area contributed by atoms with E-state index in [4.69, 9.17) is 0 Å². The fraction of sp³-hybridized carbons (Fsp3) is 0.364. The Bertz CT molecular complexity index is 1110. The van der Waals surface area contributed by atoms with Crippen LogP contribution in [-0.2, 0) is 19.6 Å². The summed E-state index contributed by atoms with van der Waals surface area (Å²) in [6.45, 7) is 2.84. The fourth-order valence-corrected chi connectivity index (χ4v) is 6.20. The van der Waals surface area contributed by atoms with Crippen molar-refractivity contribution < 1.29 is 18.0 Å². The smallest absolute Gasteiger partial charge is 0.246 e. The highest BCUT2D eigenvalue weighted by atomic mass is 32.2. The predicted octanol–water partition coefficient (Wildman–Crippen LogP) is 2.88. The molecule has 4 rings (SSSR count). The average Bonchev–Trinajstić information content (AvgIpc) is 3.31. The maximum Gasteiger partial charge on any atom is 0.246 e. The van der Waals surface area contributed by atoms with E-state index in [1.54, 1.807) is 19.2 Å². The van der Waals surface area contributed by atoms with Crippen LogP contribution in [0.4, 0.5) is 11.4 Å². The highest BCUT2D eigenvalue weighted by Gasteiger charge is 2.32. The van der Waals surface area contributed by atoms with Crippen molar-refractivity contribution in [2.75, 3.05) is 42.2 Å². The monoisotopic (exact) mass is 459 g/mol. The summed E-state index contributed by atoms with van der Waals surface area (Å²) in [6.07, 6.45) is 1.70. The third kappa shape index (κ3) is 4.35. The maximum atomic E-state index is 13.0. The van der Waals surface area contributed by atoms with Crippen LogP contribution in [0.5, 0.6) is 0 Å². The number of fused-ring (bicyclic) bond motifs is 1. The number of thioether (sulfide) groups is 1. The number of carbonyl (C=O) groups excluding carboxylic acids is 2. The molecule has 31 heavy (non-hydrogen) atoms. The number of sulfonamides is 1. The topological polar surface area (TPSA) is 78.0 Å². The van der Waals surface area contributed by atoms with Gasteiger partial charge in [0.25, 0.3) is 0 Å². The lowest BCUT2D eigenvalue weighted by molar-refractivity contribution is -0.121. The molecular formula is C22H25N3O4S2. The van der Waals surface area contributed by atoms with Crippen molar-refractivity contribution >= 4 is 45.0 Å². The molecule has 7 nitrogen and oxygen atoms in total. The zero-order valence-electron chi connectivity index (χ0n) is 17.6. The van der Waals surface area contributed by atoms with E-state index in [0.29, 0.717) is 18.8 Å². The summed E-state index contributed by atoms with van der Waals surface area (Å²) in [5.74, 6) is -0.242. The van der Waals surface area contributed by atoms with Crippen molar-refractivity contribution in [3.05, 3.63) is 48.0 Å². The summed E-state index contributed by atoms with van der Waals surface area (Å²) in [5, 5.41) is 0. The normalized spacial score (nSPS) is 17.0. The number of benzene rings is 2. The molecule has 2 aliphatic rings. The van der Waals surface area contributed by atoms with Crippen LogP contribution in [-0.4, -0.2) is 57.0 Å². The quantitative estimate of drug-likeness (QED) is 0.687. The first-order chi connectivity index (χ1) is 14.8. The van der Waals surface area contributed by atoms with Gasteiger partial charge in [-0.05, 0) is 50.1 Å². The highest BCUT2D eigenvalue weighted by Crippen LogP contribution is 2.37. The molecule has 2 heterocycles. The molecule has 1 saturated heterocycles. The molecule has 0 saturated carbocycles. The first-order valence-electron chi connectivity index (χ1n) is 10.2. The van der Waals surface area contributed by atoms with E-state index in [2.05, 4.69) is 0 Å². The van der Waals surface area contributed by atoms with Crippen LogP contribution in [0.2, 0.25) is 0 Å². The lowest BCUT2D eigenvalue weighted by atomic mass is 10.2. The Morgan fingerprint density at radius 2 is 1.77 bits per heavy atom. The molecule has 0 unspecified atom stereocenters. The third-order valence-corrected chi connectivity index (χ3v) is 8.61. The van der Waals surface area contributed by atoms with Gasteiger partial charge in [0.05, 0.1) is 16.3 Å². The fourth-order valence-electron chi connectivity index (χ4n) is 3.75. The number of anilines is 2. The van der Waals surface area contributed by atoms with Crippen molar-refractivity contribution in [3.63, 3.8) is 0 Å². The van der Waals surface area contributed by atoms with Gasteiger partial charge in [0.15, 0.2) is 0 Å². The van der Waals surface area contributed by atoms with Crippen LogP contribution in [0.25, 0.3) is 0 Å². The Morgan fingerprint density at radius 3 is 2.45 bits per heavy atom. The van der Waals surface area contributed by atoms with Crippen LogP contribution in [0.1, 0.15) is 18.4 Å². The molecule has 0 aromatic heterocycles. The molecule has 164 valence electrons. The van der Waals surface area contributed by atoms with Gasteiger partial charge in [-0.3, -0.25) is 9.59 Å². The van der Waals surface area contributed by atoms with Crippen LogP contribution >= 0.6 is 11.8 Å². The van der Waals surface area contributed by atoms with E-state index >= 15 is 0 Å². The molecule has 0 bridgehead atoms. The van der Waals surface area contributed by atoms with Crippen molar-refractivity contribution in [2.45, 2.75) is 29.6 Å². The summed E-state index contributed by atoms with van der Waals surface area (Å²) in [5.41, 5.74) is 2.31. The van der Waals surface area contributed by atoms with Gasteiger partial charge in [0, 0.05) is 30.7 Å². The predicted molar refractivity (Wildman–Crippen MR) is 122 cm³/mol. The lowest BCUT2D eigenvalue weighted by Crippen LogP contribution is -2.44. The van der Waals surface area contributed by atoms with Gasteiger partial charge in [-0.1, -0.05) is 17.7 Å². The van der Waals surface area contributed by atoms with Crippen LogP contribution in [0, 0.1) is 6.92 Å². The zero-order valence-corrected chi connectivity index (χ0v) is 19.2. The lowest BCUT2D eigenvalue weighted by Gasteiger charge is -2.30. The first kappa shape index (κ1) is 21.9. The summed E-state index contributed by atoms with van der Waals surface area (Å²) >= 11 is 1.36. The molecule has 2 aromatic rings. The third-order valence-electron chi connectivity index (χ3n) is 5.66. The number of aryl methyl sites for hydroxylation is 1. The van der Waals surface area contributed by atoms with Crippen LogP contribution < -0.4 is 9.80 Å². The molecule has 0 radical (unpaired) electrons. The number of amides is 2. The SMILES string of the molecule is Cc1ccc(N(C)C(=O)CN2C(=O)CSc3ccc(S(=O)(=O)N4CCCC4)cc32)cc1. The summed E-state index contributed by atoms with van der Waals surface area (Å²) in [7, 11) is -1.94. The zero-order chi connectivity index (χ0) is 22.2. The van der Waals surface area contributed by atoms with E-state index in [-0.39, 0.29) is 29.0 Å².